The second kappa shape index (κ2) is 9.15. The number of carbonyl (C=O) groups excluding carboxylic acids is 1. The van der Waals surface area contributed by atoms with Crippen LogP contribution in [0.1, 0.15) is 26.3 Å². The molecule has 0 saturated heterocycles. The Morgan fingerprint density at radius 2 is 2.00 bits per heavy atom. The summed E-state index contributed by atoms with van der Waals surface area (Å²) >= 11 is 0. The number of hydrogen-bond acceptors (Lipinski definition) is 3. The van der Waals surface area contributed by atoms with Crippen LogP contribution in [0.15, 0.2) is 29.3 Å². The molecule has 6 nitrogen and oxygen atoms in total. The van der Waals surface area contributed by atoms with Gasteiger partial charge >= 0.3 is 0 Å². The predicted molar refractivity (Wildman–Crippen MR) is 96.4 cm³/mol. The highest BCUT2D eigenvalue weighted by Crippen LogP contribution is 2.28. The van der Waals surface area contributed by atoms with E-state index >= 15 is 0 Å². The van der Waals surface area contributed by atoms with E-state index < -0.39 is 0 Å². The topological polar surface area (TPSA) is 74.8 Å². The van der Waals surface area contributed by atoms with Gasteiger partial charge in [-0.15, -0.1) is 0 Å². The number of carbonyl (C=O) groups is 1. The van der Waals surface area contributed by atoms with Crippen molar-refractivity contribution in [3.63, 3.8) is 0 Å². The van der Waals surface area contributed by atoms with Gasteiger partial charge in [-0.2, -0.15) is 0 Å². The fourth-order valence-corrected chi connectivity index (χ4v) is 2.46. The minimum Gasteiger partial charge on any atom is -0.488 e. The SMILES string of the molecule is CCNC(=NCC1Cc2ccccc2O1)NCCNC(=O)C(C)C. The van der Waals surface area contributed by atoms with Crippen molar-refractivity contribution in [1.29, 1.82) is 0 Å². The molecule has 0 radical (unpaired) electrons. The lowest BCUT2D eigenvalue weighted by Crippen LogP contribution is -2.42. The summed E-state index contributed by atoms with van der Waals surface area (Å²) in [6.45, 7) is 8.39. The molecule has 1 aromatic rings. The van der Waals surface area contributed by atoms with Gasteiger partial charge in [-0.3, -0.25) is 4.79 Å². The third-order valence-electron chi connectivity index (χ3n) is 3.75. The van der Waals surface area contributed by atoms with E-state index in [0.29, 0.717) is 19.6 Å². The van der Waals surface area contributed by atoms with Crippen molar-refractivity contribution in [3.8, 4) is 5.75 Å². The maximum absolute atomic E-state index is 11.5. The Bertz CT molecular complexity index is 547. The van der Waals surface area contributed by atoms with Gasteiger partial charge in [-0.25, -0.2) is 4.99 Å². The van der Waals surface area contributed by atoms with Crippen LogP contribution in [-0.4, -0.2) is 44.1 Å². The molecule has 6 heteroatoms. The first-order valence-corrected chi connectivity index (χ1v) is 8.64. The van der Waals surface area contributed by atoms with E-state index in [9.17, 15) is 4.79 Å². The fourth-order valence-electron chi connectivity index (χ4n) is 2.46. The molecule has 3 N–H and O–H groups in total. The maximum atomic E-state index is 11.5. The van der Waals surface area contributed by atoms with Crippen molar-refractivity contribution in [2.24, 2.45) is 10.9 Å². The van der Waals surface area contributed by atoms with E-state index in [0.717, 1.165) is 24.7 Å². The Morgan fingerprint density at radius 1 is 1.25 bits per heavy atom. The Labute approximate surface area is 144 Å². The second-order valence-electron chi connectivity index (χ2n) is 6.14. The van der Waals surface area contributed by atoms with Crippen molar-refractivity contribution in [2.45, 2.75) is 33.3 Å². The van der Waals surface area contributed by atoms with Crippen LogP contribution in [-0.2, 0) is 11.2 Å². The van der Waals surface area contributed by atoms with Crippen molar-refractivity contribution >= 4 is 11.9 Å². The monoisotopic (exact) mass is 332 g/mol. The Kier molecular flexibility index (Phi) is 6.90. The highest BCUT2D eigenvalue weighted by atomic mass is 16.5. The third kappa shape index (κ3) is 5.44. The third-order valence-corrected chi connectivity index (χ3v) is 3.75. The number of rotatable bonds is 7. The average Bonchev–Trinajstić information content (AvgIpc) is 2.98. The number of fused-ring (bicyclic) bond motifs is 1. The molecule has 2 rings (SSSR count). The molecule has 0 saturated carbocycles. The van der Waals surface area contributed by atoms with Crippen LogP contribution in [0.2, 0.25) is 0 Å². The van der Waals surface area contributed by atoms with E-state index in [1.165, 1.54) is 5.56 Å². The molecular formula is C18H28N4O2. The van der Waals surface area contributed by atoms with Gasteiger partial charge in [-0.05, 0) is 18.6 Å². The molecule has 24 heavy (non-hydrogen) atoms. The standard InChI is InChI=1S/C18H28N4O2/c1-4-19-18(21-10-9-20-17(23)13(2)3)22-12-15-11-14-7-5-6-8-16(14)24-15/h5-8,13,15H,4,9-12H2,1-3H3,(H,20,23)(H2,19,21,22). The molecule has 0 fully saturated rings. The zero-order chi connectivity index (χ0) is 17.4. The van der Waals surface area contributed by atoms with Gasteiger partial charge in [0.15, 0.2) is 5.96 Å². The first-order valence-electron chi connectivity index (χ1n) is 8.64. The predicted octanol–water partition coefficient (Wildman–Crippen LogP) is 1.32. The highest BCUT2D eigenvalue weighted by molar-refractivity contribution is 5.80. The number of hydrogen-bond donors (Lipinski definition) is 3. The molecule has 1 atom stereocenters. The van der Waals surface area contributed by atoms with Crippen LogP contribution < -0.4 is 20.7 Å². The van der Waals surface area contributed by atoms with Crippen LogP contribution in [0.25, 0.3) is 0 Å². The zero-order valence-corrected chi connectivity index (χ0v) is 14.8. The summed E-state index contributed by atoms with van der Waals surface area (Å²) < 4.78 is 5.90. The molecule has 0 bridgehead atoms. The lowest BCUT2D eigenvalue weighted by molar-refractivity contribution is -0.123. The quantitative estimate of drug-likeness (QED) is 0.400. The smallest absolute Gasteiger partial charge is 0.222 e. The van der Waals surface area contributed by atoms with Gasteiger partial charge in [0.25, 0.3) is 0 Å². The van der Waals surface area contributed by atoms with Crippen molar-refractivity contribution in [2.75, 3.05) is 26.2 Å². The van der Waals surface area contributed by atoms with E-state index in [1.54, 1.807) is 0 Å². The highest BCUT2D eigenvalue weighted by Gasteiger charge is 2.21. The van der Waals surface area contributed by atoms with E-state index in [-0.39, 0.29) is 17.9 Å². The van der Waals surface area contributed by atoms with E-state index in [1.807, 2.05) is 39.0 Å². The van der Waals surface area contributed by atoms with Crippen molar-refractivity contribution in [3.05, 3.63) is 29.8 Å². The molecular weight excluding hydrogens is 304 g/mol. The molecule has 1 aliphatic rings. The van der Waals surface area contributed by atoms with Crippen LogP contribution in [0.5, 0.6) is 5.75 Å². The molecule has 132 valence electrons. The largest absolute Gasteiger partial charge is 0.488 e. The lowest BCUT2D eigenvalue weighted by atomic mass is 10.1. The zero-order valence-electron chi connectivity index (χ0n) is 14.8. The number of guanidine groups is 1. The Hall–Kier alpha value is -2.24. The van der Waals surface area contributed by atoms with E-state index in [4.69, 9.17) is 4.74 Å². The first kappa shape index (κ1) is 18.1. The summed E-state index contributed by atoms with van der Waals surface area (Å²) in [7, 11) is 0. The van der Waals surface area contributed by atoms with E-state index in [2.05, 4.69) is 27.0 Å². The normalized spacial score (nSPS) is 16.5. The van der Waals surface area contributed by atoms with Crippen LogP contribution in [0, 0.1) is 5.92 Å². The van der Waals surface area contributed by atoms with Crippen LogP contribution in [0.3, 0.4) is 0 Å². The molecule has 1 heterocycles. The number of benzene rings is 1. The summed E-state index contributed by atoms with van der Waals surface area (Å²) in [5, 5.41) is 9.32. The van der Waals surface area contributed by atoms with Gasteiger partial charge in [0, 0.05) is 32.0 Å². The maximum Gasteiger partial charge on any atom is 0.222 e. The number of para-hydroxylation sites is 1. The average molecular weight is 332 g/mol. The van der Waals surface area contributed by atoms with Gasteiger partial charge in [0.05, 0.1) is 6.54 Å². The minimum atomic E-state index is 0.00746. The number of nitrogens with one attached hydrogen (secondary N) is 3. The van der Waals surface area contributed by atoms with Gasteiger partial charge < -0.3 is 20.7 Å². The fraction of sp³-hybridized carbons (Fsp3) is 0.556. The summed E-state index contributed by atoms with van der Waals surface area (Å²) in [5.41, 5.74) is 1.24. The van der Waals surface area contributed by atoms with Crippen molar-refractivity contribution in [1.82, 2.24) is 16.0 Å². The van der Waals surface area contributed by atoms with Gasteiger partial charge in [-0.1, -0.05) is 32.0 Å². The van der Waals surface area contributed by atoms with Gasteiger partial charge in [0.1, 0.15) is 11.9 Å². The Balaban J connectivity index is 1.76. The van der Waals surface area contributed by atoms with Crippen molar-refractivity contribution < 1.29 is 9.53 Å². The second-order valence-corrected chi connectivity index (χ2v) is 6.14. The number of nitrogens with zero attached hydrogens (tertiary/aromatic N) is 1. The molecule has 0 aliphatic carbocycles. The number of amides is 1. The molecule has 1 amide bonds. The Morgan fingerprint density at radius 3 is 2.71 bits per heavy atom. The lowest BCUT2D eigenvalue weighted by Gasteiger charge is -2.14. The summed E-state index contributed by atoms with van der Waals surface area (Å²) in [6, 6.07) is 8.12. The molecule has 1 aliphatic heterocycles. The number of ether oxygens (including phenoxy) is 1. The van der Waals surface area contributed by atoms with Gasteiger partial charge in [0.2, 0.25) is 5.91 Å². The van der Waals surface area contributed by atoms with Crippen LogP contribution >= 0.6 is 0 Å². The molecule has 1 aromatic carbocycles. The molecule has 0 aromatic heterocycles. The summed E-state index contributed by atoms with van der Waals surface area (Å²) in [5.74, 6) is 1.78. The molecule has 0 spiro atoms. The van der Waals surface area contributed by atoms with Crippen LogP contribution in [0.4, 0.5) is 0 Å². The minimum absolute atomic E-state index is 0.00746. The molecule has 1 unspecified atom stereocenters. The number of aliphatic imine (C=N–C) groups is 1. The summed E-state index contributed by atoms with van der Waals surface area (Å²) in [4.78, 5) is 16.1. The summed E-state index contributed by atoms with van der Waals surface area (Å²) in [6.07, 6.45) is 0.974. The first-order chi connectivity index (χ1) is 11.6.